The van der Waals surface area contributed by atoms with E-state index in [9.17, 15) is 9.59 Å². The number of benzene rings is 2. The first-order valence-corrected chi connectivity index (χ1v) is 7.56. The highest BCUT2D eigenvalue weighted by atomic mass is 16.5. The third kappa shape index (κ3) is 3.19. The SMILES string of the molecule is COC(=O)c1ccc2c(c1)CN(Cc1ccc(C#N)cc1)CC2=O. The van der Waals surface area contributed by atoms with Crippen molar-refractivity contribution in [2.75, 3.05) is 13.7 Å². The second-order valence-electron chi connectivity index (χ2n) is 5.74. The molecule has 0 bridgehead atoms. The summed E-state index contributed by atoms with van der Waals surface area (Å²) in [5.74, 6) is -0.365. The zero-order chi connectivity index (χ0) is 17.1. The number of nitrogens with zero attached hydrogens (tertiary/aromatic N) is 2. The zero-order valence-electron chi connectivity index (χ0n) is 13.3. The van der Waals surface area contributed by atoms with Crippen molar-refractivity contribution in [3.05, 3.63) is 70.3 Å². The molecule has 1 heterocycles. The van der Waals surface area contributed by atoms with Gasteiger partial charge >= 0.3 is 5.97 Å². The summed E-state index contributed by atoms with van der Waals surface area (Å²) in [6.45, 7) is 1.54. The van der Waals surface area contributed by atoms with Crippen molar-refractivity contribution in [1.82, 2.24) is 4.90 Å². The van der Waals surface area contributed by atoms with E-state index in [1.54, 1.807) is 30.3 Å². The molecule has 120 valence electrons. The van der Waals surface area contributed by atoms with Crippen LogP contribution in [0, 0.1) is 11.3 Å². The number of fused-ring (bicyclic) bond motifs is 1. The van der Waals surface area contributed by atoms with E-state index in [1.807, 2.05) is 17.0 Å². The highest BCUT2D eigenvalue weighted by molar-refractivity contribution is 6.01. The number of ketones is 1. The highest BCUT2D eigenvalue weighted by Crippen LogP contribution is 2.22. The molecule has 0 saturated heterocycles. The Morgan fingerprint density at radius 3 is 2.62 bits per heavy atom. The maximum atomic E-state index is 12.3. The minimum atomic E-state index is -0.408. The molecule has 0 fully saturated rings. The summed E-state index contributed by atoms with van der Waals surface area (Å²) >= 11 is 0. The van der Waals surface area contributed by atoms with Gasteiger partial charge in [0.15, 0.2) is 5.78 Å². The molecule has 0 atom stereocenters. The summed E-state index contributed by atoms with van der Waals surface area (Å²) in [6.07, 6.45) is 0. The van der Waals surface area contributed by atoms with Crippen molar-refractivity contribution in [1.29, 1.82) is 5.26 Å². The first-order chi connectivity index (χ1) is 11.6. The van der Waals surface area contributed by atoms with Gasteiger partial charge in [-0.1, -0.05) is 18.2 Å². The minimum Gasteiger partial charge on any atom is -0.465 e. The Morgan fingerprint density at radius 2 is 1.96 bits per heavy atom. The molecule has 0 radical (unpaired) electrons. The summed E-state index contributed by atoms with van der Waals surface area (Å²) < 4.78 is 4.73. The van der Waals surface area contributed by atoms with E-state index in [0.717, 1.165) is 11.1 Å². The van der Waals surface area contributed by atoms with Crippen LogP contribution in [0.2, 0.25) is 0 Å². The van der Waals surface area contributed by atoms with Crippen LogP contribution >= 0.6 is 0 Å². The molecule has 0 N–H and O–H groups in total. The van der Waals surface area contributed by atoms with Crippen LogP contribution in [-0.4, -0.2) is 30.3 Å². The average molecular weight is 320 g/mol. The average Bonchev–Trinajstić information content (AvgIpc) is 2.61. The Kier molecular flexibility index (Phi) is 4.41. The van der Waals surface area contributed by atoms with Crippen molar-refractivity contribution in [3.8, 4) is 6.07 Å². The maximum absolute atomic E-state index is 12.3. The minimum absolute atomic E-state index is 0.0429. The van der Waals surface area contributed by atoms with Crippen LogP contribution in [0.4, 0.5) is 0 Å². The van der Waals surface area contributed by atoms with Gasteiger partial charge in [-0.25, -0.2) is 4.79 Å². The monoisotopic (exact) mass is 320 g/mol. The molecule has 0 aliphatic carbocycles. The molecule has 5 nitrogen and oxygen atoms in total. The first-order valence-electron chi connectivity index (χ1n) is 7.56. The summed E-state index contributed by atoms with van der Waals surface area (Å²) in [4.78, 5) is 26.0. The summed E-state index contributed by atoms with van der Waals surface area (Å²) in [5, 5.41) is 8.84. The first kappa shape index (κ1) is 15.9. The quantitative estimate of drug-likeness (QED) is 0.813. The van der Waals surface area contributed by atoms with Crippen molar-refractivity contribution in [3.63, 3.8) is 0 Å². The summed E-state index contributed by atoms with van der Waals surface area (Å²) in [6, 6.07) is 14.5. The van der Waals surface area contributed by atoms with E-state index in [4.69, 9.17) is 10.00 Å². The van der Waals surface area contributed by atoms with Gasteiger partial charge in [0.1, 0.15) is 0 Å². The zero-order valence-corrected chi connectivity index (χ0v) is 13.3. The number of Topliss-reactive ketones (excluding diaryl/α,β-unsaturated/α-hetero) is 1. The lowest BCUT2D eigenvalue weighted by Crippen LogP contribution is -2.34. The smallest absolute Gasteiger partial charge is 0.337 e. The topological polar surface area (TPSA) is 70.4 Å². The van der Waals surface area contributed by atoms with Gasteiger partial charge in [-0.15, -0.1) is 0 Å². The standard InChI is InChI=1S/C19H16N2O3/c1-24-19(23)15-6-7-17-16(8-15)11-21(12-18(17)22)10-14-4-2-13(9-20)3-5-14/h2-8H,10-12H2,1H3. The van der Waals surface area contributed by atoms with Crippen LogP contribution < -0.4 is 0 Å². The Morgan fingerprint density at radius 1 is 1.21 bits per heavy atom. The lowest BCUT2D eigenvalue weighted by molar-refractivity contribution is 0.0599. The summed E-state index contributed by atoms with van der Waals surface area (Å²) in [7, 11) is 1.34. The number of methoxy groups -OCH3 is 1. The molecule has 0 unspecified atom stereocenters. The van der Waals surface area contributed by atoms with Crippen molar-refractivity contribution in [2.45, 2.75) is 13.1 Å². The molecule has 0 amide bonds. The van der Waals surface area contributed by atoms with Crippen LogP contribution in [-0.2, 0) is 17.8 Å². The van der Waals surface area contributed by atoms with Crippen LogP contribution in [0.1, 0.15) is 37.4 Å². The molecule has 2 aromatic rings. The second kappa shape index (κ2) is 6.65. The number of hydrogen-bond donors (Lipinski definition) is 0. The molecule has 0 aromatic heterocycles. The molecule has 24 heavy (non-hydrogen) atoms. The van der Waals surface area contributed by atoms with Gasteiger partial charge in [-0.3, -0.25) is 9.69 Å². The van der Waals surface area contributed by atoms with Gasteiger partial charge in [0, 0.05) is 18.7 Å². The lowest BCUT2D eigenvalue weighted by atomic mass is 9.96. The number of hydrogen-bond acceptors (Lipinski definition) is 5. The molecular formula is C19H16N2O3. The number of nitriles is 1. The van der Waals surface area contributed by atoms with Gasteiger partial charge in [0.2, 0.25) is 0 Å². The fourth-order valence-corrected chi connectivity index (χ4v) is 2.88. The van der Waals surface area contributed by atoms with Gasteiger partial charge in [0.25, 0.3) is 0 Å². The fraction of sp³-hybridized carbons (Fsp3) is 0.211. The predicted octanol–water partition coefficient (Wildman–Crippen LogP) is 2.54. The van der Waals surface area contributed by atoms with Gasteiger partial charge < -0.3 is 4.74 Å². The second-order valence-corrected chi connectivity index (χ2v) is 5.74. The van der Waals surface area contributed by atoms with E-state index >= 15 is 0 Å². The Hall–Kier alpha value is -2.97. The van der Waals surface area contributed by atoms with Crippen molar-refractivity contribution < 1.29 is 14.3 Å². The number of esters is 1. The molecule has 0 saturated carbocycles. The van der Waals surface area contributed by atoms with E-state index in [2.05, 4.69) is 6.07 Å². The van der Waals surface area contributed by atoms with Crippen LogP contribution in [0.5, 0.6) is 0 Å². The highest BCUT2D eigenvalue weighted by Gasteiger charge is 2.24. The Labute approximate surface area is 140 Å². The van der Waals surface area contributed by atoms with Crippen LogP contribution in [0.25, 0.3) is 0 Å². The molecule has 1 aliphatic heterocycles. The maximum Gasteiger partial charge on any atom is 0.337 e. The summed E-state index contributed by atoms with van der Waals surface area (Å²) in [5.41, 5.74) is 3.60. The largest absolute Gasteiger partial charge is 0.465 e. The lowest BCUT2D eigenvalue weighted by Gasteiger charge is -2.28. The number of ether oxygens (including phenoxy) is 1. The molecular weight excluding hydrogens is 304 g/mol. The Bertz CT molecular complexity index is 835. The molecule has 0 spiro atoms. The third-order valence-corrected chi connectivity index (χ3v) is 4.08. The normalized spacial score (nSPS) is 13.9. The third-order valence-electron chi connectivity index (χ3n) is 4.08. The van der Waals surface area contributed by atoms with Crippen LogP contribution in [0.15, 0.2) is 42.5 Å². The van der Waals surface area contributed by atoms with E-state index < -0.39 is 5.97 Å². The predicted molar refractivity (Wildman–Crippen MR) is 87.4 cm³/mol. The van der Waals surface area contributed by atoms with Crippen molar-refractivity contribution in [2.24, 2.45) is 0 Å². The van der Waals surface area contributed by atoms with Crippen molar-refractivity contribution >= 4 is 11.8 Å². The van der Waals surface area contributed by atoms with E-state index in [-0.39, 0.29) is 5.78 Å². The number of carbonyl (C=O) groups excluding carboxylic acids is 2. The molecule has 2 aromatic carbocycles. The Balaban J connectivity index is 1.80. The number of carbonyl (C=O) groups is 2. The van der Waals surface area contributed by atoms with Gasteiger partial charge in [-0.2, -0.15) is 5.26 Å². The number of rotatable bonds is 3. The van der Waals surface area contributed by atoms with E-state index in [1.165, 1.54) is 7.11 Å². The molecule has 1 aliphatic rings. The van der Waals surface area contributed by atoms with Crippen LogP contribution in [0.3, 0.4) is 0 Å². The molecule has 5 heteroatoms. The van der Waals surface area contributed by atoms with E-state index in [0.29, 0.717) is 36.3 Å². The fourth-order valence-electron chi connectivity index (χ4n) is 2.88. The molecule has 3 rings (SSSR count). The van der Waals surface area contributed by atoms with Gasteiger partial charge in [-0.05, 0) is 35.4 Å². The van der Waals surface area contributed by atoms with Gasteiger partial charge in [0.05, 0.1) is 30.9 Å².